The van der Waals surface area contributed by atoms with Crippen LogP contribution in [0.2, 0.25) is 0 Å². The molecule has 0 bridgehead atoms. The predicted octanol–water partition coefficient (Wildman–Crippen LogP) is 7.99. The van der Waals surface area contributed by atoms with Crippen molar-refractivity contribution < 1.29 is 0 Å². The molecule has 0 saturated carbocycles. The second-order valence-corrected chi connectivity index (χ2v) is 2.44. The van der Waals surface area contributed by atoms with Gasteiger partial charge in [0.2, 0.25) is 0 Å². The SMILES string of the molecule is C=C.CC.CC.CC.CC.CC(C)C.CCC. The van der Waals surface area contributed by atoms with Crippen LogP contribution in [0.15, 0.2) is 13.2 Å². The lowest BCUT2D eigenvalue weighted by molar-refractivity contribution is 0.737. The van der Waals surface area contributed by atoms with Crippen molar-refractivity contribution in [1.82, 2.24) is 0 Å². The van der Waals surface area contributed by atoms with E-state index in [9.17, 15) is 0 Å². The first kappa shape index (κ1) is 43.7. The van der Waals surface area contributed by atoms with Gasteiger partial charge in [0.25, 0.3) is 0 Å². The Bertz CT molecular complexity index is 18.5. The molecule has 0 fully saturated rings. The molecule has 0 heterocycles. The highest BCUT2D eigenvalue weighted by molar-refractivity contribution is 4.22. The molecule has 0 aromatic carbocycles. The Kier molecular flexibility index (Phi) is 629. The van der Waals surface area contributed by atoms with Gasteiger partial charge < -0.3 is 0 Å². The summed E-state index contributed by atoms with van der Waals surface area (Å²) < 4.78 is 0. The molecule has 0 aliphatic rings. The predicted molar refractivity (Wildman–Crippen MR) is 93.1 cm³/mol. The van der Waals surface area contributed by atoms with E-state index in [1.807, 2.05) is 55.4 Å². The Balaban J connectivity index is -0.0000000141. The fourth-order valence-corrected chi connectivity index (χ4v) is 0. The fraction of sp³-hybridized carbons (Fsp3) is 0.882. The van der Waals surface area contributed by atoms with Gasteiger partial charge >= 0.3 is 0 Å². The molecular weight excluding hydrogens is 204 g/mol. The van der Waals surface area contributed by atoms with Gasteiger partial charge in [0.1, 0.15) is 0 Å². The minimum atomic E-state index is 0.833. The summed E-state index contributed by atoms with van der Waals surface area (Å²) in [5.74, 6) is 0.833. The van der Waals surface area contributed by atoms with E-state index in [4.69, 9.17) is 0 Å². The molecule has 0 aliphatic heterocycles. The Labute approximate surface area is 116 Å². The molecule has 0 rings (SSSR count). The fourth-order valence-electron chi connectivity index (χ4n) is 0. The Morgan fingerprint density at radius 3 is 0.588 bits per heavy atom. The van der Waals surface area contributed by atoms with Gasteiger partial charge in [0.05, 0.1) is 0 Å². The van der Waals surface area contributed by atoms with Crippen molar-refractivity contribution in [3.05, 3.63) is 13.2 Å². The van der Waals surface area contributed by atoms with Crippen LogP contribution in [0.1, 0.15) is 96.4 Å². The maximum Gasteiger partial charge on any atom is -0.0500 e. The van der Waals surface area contributed by atoms with Crippen molar-refractivity contribution in [2.45, 2.75) is 96.4 Å². The van der Waals surface area contributed by atoms with Gasteiger partial charge in [0.15, 0.2) is 0 Å². The lowest BCUT2D eigenvalue weighted by Crippen LogP contribution is -1.66. The second kappa shape index (κ2) is 244. The highest BCUT2D eigenvalue weighted by Crippen LogP contribution is 1.81. The van der Waals surface area contributed by atoms with Crippen molar-refractivity contribution in [1.29, 1.82) is 0 Å². The van der Waals surface area contributed by atoms with Gasteiger partial charge in [0, 0.05) is 0 Å². The molecule has 0 amide bonds. The van der Waals surface area contributed by atoms with E-state index < -0.39 is 0 Å². The third-order valence-electron chi connectivity index (χ3n) is 0. The van der Waals surface area contributed by atoms with E-state index in [-0.39, 0.29) is 0 Å². The minimum absolute atomic E-state index is 0.833. The molecule has 0 aromatic rings. The summed E-state index contributed by atoms with van der Waals surface area (Å²) >= 11 is 0. The van der Waals surface area contributed by atoms with Crippen LogP contribution >= 0.6 is 0 Å². The van der Waals surface area contributed by atoms with Crippen LogP contribution < -0.4 is 0 Å². The van der Waals surface area contributed by atoms with Crippen LogP contribution in [0.4, 0.5) is 0 Å². The van der Waals surface area contributed by atoms with Crippen LogP contribution in [-0.2, 0) is 0 Å². The molecule has 0 N–H and O–H groups in total. The van der Waals surface area contributed by atoms with Crippen LogP contribution in [0.3, 0.4) is 0 Å². The largest absolute Gasteiger partial charge is 0.106 e. The van der Waals surface area contributed by atoms with E-state index >= 15 is 0 Å². The quantitative estimate of drug-likeness (QED) is 0.382. The highest BCUT2D eigenvalue weighted by atomic mass is 13.7. The summed E-state index contributed by atoms with van der Waals surface area (Å²) in [6.07, 6.45) is 1.25. The van der Waals surface area contributed by atoms with Crippen LogP contribution in [0.5, 0.6) is 0 Å². The summed E-state index contributed by atoms with van der Waals surface area (Å²) in [7, 11) is 0. The first-order chi connectivity index (χ1) is 8.15. The van der Waals surface area contributed by atoms with E-state index in [0.717, 1.165) is 5.92 Å². The van der Waals surface area contributed by atoms with Gasteiger partial charge in [-0.25, -0.2) is 0 Å². The third kappa shape index (κ3) is 44000. The van der Waals surface area contributed by atoms with Crippen LogP contribution in [0, 0.1) is 5.92 Å². The standard InChI is InChI=1S/C4H10.C3H8.4C2H6.C2H4/c1-4(2)3;1-3-2;5*1-2/h4H,1-3H3;3H2,1-2H3;4*1-2H3;1-2H2. The van der Waals surface area contributed by atoms with Gasteiger partial charge in [-0.15, -0.1) is 13.2 Å². The van der Waals surface area contributed by atoms with Crippen molar-refractivity contribution in [3.63, 3.8) is 0 Å². The van der Waals surface area contributed by atoms with Gasteiger partial charge in [-0.1, -0.05) is 96.4 Å². The van der Waals surface area contributed by atoms with Crippen molar-refractivity contribution >= 4 is 0 Å². The molecule has 0 unspecified atom stereocenters. The molecular formula is C17H46. The molecule has 0 radical (unpaired) electrons. The molecule has 0 aromatic heterocycles. The summed E-state index contributed by atoms with van der Waals surface area (Å²) in [6, 6.07) is 0. The van der Waals surface area contributed by atoms with E-state index in [0.29, 0.717) is 0 Å². The van der Waals surface area contributed by atoms with Crippen LogP contribution in [0.25, 0.3) is 0 Å². The van der Waals surface area contributed by atoms with Gasteiger partial charge in [-0.3, -0.25) is 0 Å². The van der Waals surface area contributed by atoms with Gasteiger partial charge in [-0.2, -0.15) is 0 Å². The summed E-state index contributed by atoms with van der Waals surface area (Å²) in [5, 5.41) is 0. The zero-order valence-electron chi connectivity index (χ0n) is 15.7. The number of rotatable bonds is 0. The van der Waals surface area contributed by atoms with Crippen molar-refractivity contribution in [2.75, 3.05) is 0 Å². The average Bonchev–Trinajstić information content (AvgIpc) is 2.41. The molecule has 0 atom stereocenters. The molecule has 0 heteroatoms. The zero-order valence-corrected chi connectivity index (χ0v) is 15.7. The topological polar surface area (TPSA) is 0 Å². The Hall–Kier alpha value is -0.260. The maximum absolute atomic E-state index is 3.00. The Morgan fingerprint density at radius 2 is 0.588 bits per heavy atom. The lowest BCUT2D eigenvalue weighted by atomic mass is 10.3. The molecule has 0 spiro atoms. The first-order valence-electron chi connectivity index (χ1n) is 7.65. The monoisotopic (exact) mass is 250 g/mol. The van der Waals surface area contributed by atoms with Crippen molar-refractivity contribution in [2.24, 2.45) is 5.92 Å². The summed E-state index contributed by atoms with van der Waals surface area (Å²) in [4.78, 5) is 0. The number of hydrogen-bond acceptors (Lipinski definition) is 0. The highest BCUT2D eigenvalue weighted by Gasteiger charge is 1.68. The zero-order chi connectivity index (χ0) is 16.3. The normalized spacial score (nSPS) is 4.82. The van der Waals surface area contributed by atoms with E-state index in [2.05, 4.69) is 47.8 Å². The van der Waals surface area contributed by atoms with Crippen LogP contribution in [-0.4, -0.2) is 0 Å². The smallest absolute Gasteiger partial charge is 0.0500 e. The second-order valence-electron chi connectivity index (χ2n) is 2.44. The van der Waals surface area contributed by atoms with Crippen molar-refractivity contribution in [3.8, 4) is 0 Å². The average molecular weight is 251 g/mol. The first-order valence-corrected chi connectivity index (χ1v) is 7.65. The molecule has 0 saturated heterocycles. The maximum atomic E-state index is 3.00. The minimum Gasteiger partial charge on any atom is -0.106 e. The molecule has 0 nitrogen and oxygen atoms in total. The van der Waals surface area contributed by atoms with E-state index in [1.54, 1.807) is 0 Å². The lowest BCUT2D eigenvalue weighted by Gasteiger charge is -1.79. The molecule has 17 heavy (non-hydrogen) atoms. The number of hydrogen-bond donors (Lipinski definition) is 0. The molecule has 114 valence electrons. The summed E-state index contributed by atoms with van der Waals surface area (Å²) in [6.45, 7) is 32.8. The van der Waals surface area contributed by atoms with E-state index in [1.165, 1.54) is 6.42 Å². The Morgan fingerprint density at radius 1 is 0.588 bits per heavy atom. The third-order valence-corrected chi connectivity index (χ3v) is 0. The summed E-state index contributed by atoms with van der Waals surface area (Å²) in [5.41, 5.74) is 0. The van der Waals surface area contributed by atoms with Gasteiger partial charge in [-0.05, 0) is 5.92 Å². The molecule has 0 aliphatic carbocycles.